The second kappa shape index (κ2) is 10.7. The van der Waals surface area contributed by atoms with Gasteiger partial charge in [-0.05, 0) is 80.3 Å². The number of carbonyl (C=O) groups is 2. The van der Waals surface area contributed by atoms with Crippen LogP contribution in [0.15, 0.2) is 81.6 Å². The monoisotopic (exact) mass is 528 g/mol. The number of dihydropyridines is 1. The molecule has 1 aliphatic carbocycles. The molecule has 0 saturated carbocycles. The first-order valence-electron chi connectivity index (χ1n) is 12.8. The molecule has 0 bridgehead atoms. The Morgan fingerprint density at radius 1 is 0.923 bits per heavy atom. The van der Waals surface area contributed by atoms with Gasteiger partial charge < -0.3 is 29.3 Å². The number of hydrogen-bond donors (Lipinski definition) is 2. The summed E-state index contributed by atoms with van der Waals surface area (Å²) in [7, 11) is 4.78. The Bertz CT molecular complexity index is 1480. The van der Waals surface area contributed by atoms with Crippen molar-refractivity contribution < 1.29 is 28.2 Å². The average molecular weight is 529 g/mol. The normalized spacial score (nSPS) is 18.8. The summed E-state index contributed by atoms with van der Waals surface area (Å²) in [5.74, 6) is 2.24. The SMILES string of the molecule is COc1ccc(NC(=O)C2=C(C)NC3=C(C(=O)C[C@@H](c4ccc(OC)c(OC)c4)C3)[C@H]2c2ccc(C)o2)cc1. The van der Waals surface area contributed by atoms with E-state index in [-0.39, 0.29) is 17.6 Å². The third-order valence-corrected chi connectivity index (χ3v) is 7.34. The number of allylic oxidation sites excluding steroid dienone is 3. The fourth-order valence-electron chi connectivity index (χ4n) is 5.45. The van der Waals surface area contributed by atoms with Crippen molar-refractivity contribution in [2.75, 3.05) is 26.6 Å². The lowest BCUT2D eigenvalue weighted by Crippen LogP contribution is -2.37. The largest absolute Gasteiger partial charge is 0.497 e. The molecule has 2 heterocycles. The molecule has 8 nitrogen and oxygen atoms in total. The summed E-state index contributed by atoms with van der Waals surface area (Å²) in [5, 5.41) is 6.38. The number of aryl methyl sites for hydroxylation is 1. The van der Waals surface area contributed by atoms with Crippen LogP contribution in [0.4, 0.5) is 5.69 Å². The van der Waals surface area contributed by atoms with Gasteiger partial charge in [0.2, 0.25) is 0 Å². The number of furan rings is 1. The zero-order valence-corrected chi connectivity index (χ0v) is 22.7. The number of amides is 1. The first-order chi connectivity index (χ1) is 18.8. The zero-order valence-electron chi connectivity index (χ0n) is 22.7. The Hall–Kier alpha value is -4.46. The van der Waals surface area contributed by atoms with Crippen LogP contribution in [0, 0.1) is 6.92 Å². The Kier molecular flexibility index (Phi) is 7.19. The summed E-state index contributed by atoms with van der Waals surface area (Å²) in [5.41, 5.74) is 4.13. The van der Waals surface area contributed by atoms with Gasteiger partial charge >= 0.3 is 0 Å². The fourth-order valence-corrected chi connectivity index (χ4v) is 5.45. The lowest BCUT2D eigenvalue weighted by Gasteiger charge is -2.36. The van der Waals surface area contributed by atoms with Crippen LogP contribution in [0.1, 0.15) is 48.7 Å². The summed E-state index contributed by atoms with van der Waals surface area (Å²) < 4.78 is 22.1. The minimum atomic E-state index is -0.618. The molecule has 8 heteroatoms. The van der Waals surface area contributed by atoms with Crippen LogP contribution in [0.5, 0.6) is 17.2 Å². The van der Waals surface area contributed by atoms with Crippen molar-refractivity contribution in [3.8, 4) is 17.2 Å². The molecule has 2 aliphatic rings. The summed E-state index contributed by atoms with van der Waals surface area (Å²) in [4.78, 5) is 27.5. The highest BCUT2D eigenvalue weighted by Gasteiger charge is 2.42. The van der Waals surface area contributed by atoms with Gasteiger partial charge in [-0.1, -0.05) is 6.07 Å². The van der Waals surface area contributed by atoms with Gasteiger partial charge in [-0.2, -0.15) is 0 Å². The molecule has 0 unspecified atom stereocenters. The highest BCUT2D eigenvalue weighted by molar-refractivity contribution is 6.09. The van der Waals surface area contributed by atoms with E-state index in [4.69, 9.17) is 18.6 Å². The Morgan fingerprint density at radius 2 is 1.67 bits per heavy atom. The smallest absolute Gasteiger partial charge is 0.254 e. The summed E-state index contributed by atoms with van der Waals surface area (Å²) in [6, 6.07) is 16.6. The van der Waals surface area contributed by atoms with Crippen LogP contribution in [-0.2, 0) is 9.59 Å². The highest BCUT2D eigenvalue weighted by Crippen LogP contribution is 2.46. The lowest BCUT2D eigenvalue weighted by molar-refractivity contribution is -0.116. The molecule has 1 amide bonds. The number of hydrogen-bond acceptors (Lipinski definition) is 7. The summed E-state index contributed by atoms with van der Waals surface area (Å²) in [6.45, 7) is 3.71. The van der Waals surface area contributed by atoms with Crippen molar-refractivity contribution in [2.24, 2.45) is 0 Å². The number of rotatable bonds is 7. The maximum absolute atomic E-state index is 13.8. The predicted molar refractivity (Wildman–Crippen MR) is 147 cm³/mol. The van der Waals surface area contributed by atoms with Gasteiger partial charge in [-0.25, -0.2) is 0 Å². The standard InChI is InChI=1S/C31H32N2O6/c1-17-6-12-26(39-17)30-28(31(35)33-21-8-10-22(36-3)11-9-21)18(2)32-23-14-20(15-24(34)29(23)30)19-7-13-25(37-4)27(16-19)38-5/h6-13,16,20,30,32H,14-15H2,1-5H3,(H,33,35)/t20-,30-/m0/s1. The molecule has 0 spiro atoms. The second-order valence-electron chi connectivity index (χ2n) is 9.76. The molecule has 202 valence electrons. The molecule has 39 heavy (non-hydrogen) atoms. The number of carbonyl (C=O) groups excluding carboxylic acids is 2. The molecule has 5 rings (SSSR count). The average Bonchev–Trinajstić information content (AvgIpc) is 3.37. The Balaban J connectivity index is 1.50. The number of ketones is 1. The molecule has 1 aromatic heterocycles. The number of Topliss-reactive ketones (excluding diaryl/α,β-unsaturated/α-hetero) is 1. The fraction of sp³-hybridized carbons (Fsp3) is 0.290. The molecule has 1 aliphatic heterocycles. The third kappa shape index (κ3) is 5.02. The van der Waals surface area contributed by atoms with Crippen LogP contribution < -0.4 is 24.8 Å². The van der Waals surface area contributed by atoms with Gasteiger partial charge in [0.1, 0.15) is 17.3 Å². The van der Waals surface area contributed by atoms with Crippen LogP contribution in [0.3, 0.4) is 0 Å². The summed E-state index contributed by atoms with van der Waals surface area (Å²) in [6.07, 6.45) is 0.913. The van der Waals surface area contributed by atoms with Gasteiger partial charge in [-0.15, -0.1) is 0 Å². The maximum atomic E-state index is 13.8. The molecular formula is C31H32N2O6. The number of benzene rings is 2. The molecule has 3 aromatic rings. The van der Waals surface area contributed by atoms with E-state index in [9.17, 15) is 9.59 Å². The van der Waals surface area contributed by atoms with Crippen LogP contribution >= 0.6 is 0 Å². The van der Waals surface area contributed by atoms with Crippen LogP contribution in [-0.4, -0.2) is 33.0 Å². The minimum Gasteiger partial charge on any atom is -0.497 e. The predicted octanol–water partition coefficient (Wildman–Crippen LogP) is 5.61. The van der Waals surface area contributed by atoms with Crippen molar-refractivity contribution in [1.29, 1.82) is 0 Å². The summed E-state index contributed by atoms with van der Waals surface area (Å²) >= 11 is 0. The van der Waals surface area contributed by atoms with Crippen molar-refractivity contribution >= 4 is 17.4 Å². The van der Waals surface area contributed by atoms with Crippen molar-refractivity contribution in [3.63, 3.8) is 0 Å². The van der Waals surface area contributed by atoms with E-state index in [1.807, 2.05) is 44.2 Å². The third-order valence-electron chi connectivity index (χ3n) is 7.34. The highest BCUT2D eigenvalue weighted by atomic mass is 16.5. The van der Waals surface area contributed by atoms with E-state index in [0.29, 0.717) is 64.1 Å². The van der Waals surface area contributed by atoms with E-state index < -0.39 is 5.92 Å². The minimum absolute atomic E-state index is 0.0233. The molecule has 0 radical (unpaired) electrons. The quantitative estimate of drug-likeness (QED) is 0.411. The van der Waals surface area contributed by atoms with Gasteiger partial charge in [0.25, 0.3) is 5.91 Å². The topological polar surface area (TPSA) is 99.0 Å². The molecular weight excluding hydrogens is 496 g/mol. The van der Waals surface area contributed by atoms with Crippen LogP contribution in [0.2, 0.25) is 0 Å². The molecule has 0 fully saturated rings. The zero-order chi connectivity index (χ0) is 27.7. The van der Waals surface area contributed by atoms with Gasteiger partial charge in [-0.3, -0.25) is 9.59 Å². The van der Waals surface area contributed by atoms with E-state index in [1.54, 1.807) is 45.6 Å². The van der Waals surface area contributed by atoms with Crippen molar-refractivity contribution in [1.82, 2.24) is 5.32 Å². The van der Waals surface area contributed by atoms with E-state index >= 15 is 0 Å². The molecule has 2 aromatic carbocycles. The Labute approximate surface area is 227 Å². The molecule has 2 N–H and O–H groups in total. The Morgan fingerprint density at radius 3 is 2.31 bits per heavy atom. The van der Waals surface area contributed by atoms with E-state index in [2.05, 4.69) is 10.6 Å². The van der Waals surface area contributed by atoms with Gasteiger partial charge in [0, 0.05) is 29.1 Å². The van der Waals surface area contributed by atoms with Gasteiger partial charge in [0.05, 0.1) is 32.8 Å². The first kappa shape index (κ1) is 26.2. The van der Waals surface area contributed by atoms with Crippen molar-refractivity contribution in [3.05, 3.63) is 94.2 Å². The maximum Gasteiger partial charge on any atom is 0.254 e. The van der Waals surface area contributed by atoms with E-state index in [0.717, 1.165) is 11.3 Å². The van der Waals surface area contributed by atoms with E-state index in [1.165, 1.54) is 0 Å². The number of ether oxygens (including phenoxy) is 3. The lowest BCUT2D eigenvalue weighted by atomic mass is 9.73. The number of anilines is 1. The molecule has 0 saturated heterocycles. The molecule has 2 atom stereocenters. The number of nitrogens with one attached hydrogen (secondary N) is 2. The second-order valence-corrected chi connectivity index (χ2v) is 9.76. The first-order valence-corrected chi connectivity index (χ1v) is 12.8. The van der Waals surface area contributed by atoms with Crippen molar-refractivity contribution in [2.45, 2.75) is 38.5 Å². The van der Waals surface area contributed by atoms with Gasteiger partial charge in [0.15, 0.2) is 17.3 Å². The number of methoxy groups -OCH3 is 3. The van der Waals surface area contributed by atoms with Crippen LogP contribution in [0.25, 0.3) is 0 Å².